The largest absolute Gasteiger partial charge is 0.454 e. The van der Waals surface area contributed by atoms with Gasteiger partial charge in [0, 0.05) is 58.4 Å². The maximum atomic E-state index is 6.56. The van der Waals surface area contributed by atoms with E-state index < -0.39 is 0 Å². The Morgan fingerprint density at radius 3 is 1.88 bits per heavy atom. The van der Waals surface area contributed by atoms with Crippen LogP contribution in [0.3, 0.4) is 0 Å². The first-order valence-electron chi connectivity index (χ1n) is 17.1. The van der Waals surface area contributed by atoms with Gasteiger partial charge in [-0.2, -0.15) is 0 Å². The van der Waals surface area contributed by atoms with Gasteiger partial charge in [-0.15, -0.1) is 11.3 Å². The molecule has 0 saturated heterocycles. The highest BCUT2D eigenvalue weighted by atomic mass is 32.1. The second-order valence-electron chi connectivity index (χ2n) is 12.9. The quantitative estimate of drug-likeness (QED) is 0.187. The molecule has 11 rings (SSSR count). The summed E-state index contributed by atoms with van der Waals surface area (Å²) in [6.07, 6.45) is 0. The van der Waals surface area contributed by atoms with Crippen LogP contribution in [0.2, 0.25) is 0 Å². The summed E-state index contributed by atoms with van der Waals surface area (Å²) < 4.78 is 11.4. The van der Waals surface area contributed by atoms with Gasteiger partial charge in [0.25, 0.3) is 0 Å². The lowest BCUT2D eigenvalue weighted by atomic mass is 10.0. The molecule has 0 aliphatic carbocycles. The summed E-state index contributed by atoms with van der Waals surface area (Å²) in [6.45, 7) is 0. The molecule has 0 spiro atoms. The van der Waals surface area contributed by atoms with Crippen molar-refractivity contribution < 1.29 is 4.42 Å². The second-order valence-corrected chi connectivity index (χ2v) is 13.9. The molecule has 5 heteroatoms. The van der Waals surface area contributed by atoms with E-state index in [1.165, 1.54) is 30.9 Å². The molecule has 0 fully saturated rings. The first-order valence-corrected chi connectivity index (χ1v) is 17.9. The molecule has 4 heterocycles. The number of furan rings is 1. The number of hydrogen-bond donors (Lipinski definition) is 0. The Hall–Kier alpha value is -6.56. The predicted molar refractivity (Wildman–Crippen MR) is 213 cm³/mol. The van der Waals surface area contributed by atoms with E-state index in [0.717, 1.165) is 72.6 Å². The topological polar surface area (TPSA) is 43.9 Å². The Balaban J connectivity index is 1.19. The molecule has 4 aromatic heterocycles. The van der Waals surface area contributed by atoms with E-state index in [-0.39, 0.29) is 0 Å². The SMILES string of the molecule is c1ccc(-c2cc(-c3ccccc3)nc(-c3cccc4c3sc3c4ccc4c3c3ccccc3n4-c3cccc4c3oc3ccccc34)n2)cc1. The molecule has 0 unspecified atom stereocenters. The third-order valence-corrected chi connectivity index (χ3v) is 11.3. The molecule has 0 N–H and O–H groups in total. The van der Waals surface area contributed by atoms with E-state index in [0.29, 0.717) is 0 Å². The number of nitrogens with zero attached hydrogens (tertiary/aromatic N) is 3. The summed E-state index contributed by atoms with van der Waals surface area (Å²) >= 11 is 1.83. The highest BCUT2D eigenvalue weighted by molar-refractivity contribution is 7.27. The molecular formula is C46H27N3OS. The number of rotatable bonds is 4. The van der Waals surface area contributed by atoms with Crippen LogP contribution in [0.1, 0.15) is 0 Å². The lowest BCUT2D eigenvalue weighted by molar-refractivity contribution is 0.666. The van der Waals surface area contributed by atoms with Crippen LogP contribution >= 0.6 is 11.3 Å². The fourth-order valence-corrected chi connectivity index (χ4v) is 9.10. The number of aromatic nitrogens is 3. The van der Waals surface area contributed by atoms with Crippen molar-refractivity contribution in [3.63, 3.8) is 0 Å². The standard InChI is InChI=1S/C46H27N3OS/c1-3-13-28(14-4-1)36-27-37(29-15-5-2-6-16-29)48-46(47-36)35-21-11-20-32-33-25-26-39-42(45(33)51-44(32)35)34-18-7-9-22-38(34)49(39)40-23-12-19-31-30-17-8-10-24-41(30)50-43(31)40/h1-27H. The molecule has 51 heavy (non-hydrogen) atoms. The van der Waals surface area contributed by atoms with Gasteiger partial charge in [-0.25, -0.2) is 9.97 Å². The summed E-state index contributed by atoms with van der Waals surface area (Å²) in [6, 6.07) is 57.4. The third kappa shape index (κ3) is 4.25. The smallest absolute Gasteiger partial charge is 0.161 e. The molecule has 11 aromatic rings. The van der Waals surface area contributed by atoms with Gasteiger partial charge in [0.1, 0.15) is 5.58 Å². The van der Waals surface area contributed by atoms with Crippen LogP contribution in [-0.2, 0) is 0 Å². The van der Waals surface area contributed by atoms with Gasteiger partial charge in [-0.3, -0.25) is 0 Å². The maximum absolute atomic E-state index is 6.56. The number of benzene rings is 7. The van der Waals surface area contributed by atoms with E-state index in [2.05, 4.69) is 144 Å². The van der Waals surface area contributed by atoms with E-state index >= 15 is 0 Å². The minimum absolute atomic E-state index is 0.725. The van der Waals surface area contributed by atoms with Crippen LogP contribution in [0.5, 0.6) is 0 Å². The zero-order valence-electron chi connectivity index (χ0n) is 27.2. The lowest BCUT2D eigenvalue weighted by Gasteiger charge is -2.10. The maximum Gasteiger partial charge on any atom is 0.161 e. The molecular weight excluding hydrogens is 643 g/mol. The lowest BCUT2D eigenvalue weighted by Crippen LogP contribution is -1.96. The van der Waals surface area contributed by atoms with Crippen molar-refractivity contribution in [1.82, 2.24) is 14.5 Å². The summed E-state index contributed by atoms with van der Waals surface area (Å²) in [5.41, 5.74) is 10.1. The Labute approximate surface area is 296 Å². The van der Waals surface area contributed by atoms with Crippen molar-refractivity contribution in [2.24, 2.45) is 0 Å². The monoisotopic (exact) mass is 669 g/mol. The van der Waals surface area contributed by atoms with Gasteiger partial charge in [-0.1, -0.05) is 127 Å². The van der Waals surface area contributed by atoms with E-state index in [9.17, 15) is 0 Å². The van der Waals surface area contributed by atoms with Crippen LogP contribution in [0.25, 0.3) is 104 Å². The average molecular weight is 670 g/mol. The van der Waals surface area contributed by atoms with E-state index in [1.54, 1.807) is 0 Å². The fraction of sp³-hybridized carbons (Fsp3) is 0. The van der Waals surface area contributed by atoms with Crippen LogP contribution in [0.4, 0.5) is 0 Å². The highest BCUT2D eigenvalue weighted by Crippen LogP contribution is 2.46. The molecule has 0 amide bonds. The molecule has 0 aliphatic rings. The normalized spacial score (nSPS) is 11.9. The van der Waals surface area contributed by atoms with Crippen LogP contribution < -0.4 is 0 Å². The van der Waals surface area contributed by atoms with Crippen LogP contribution in [0.15, 0.2) is 168 Å². The van der Waals surface area contributed by atoms with E-state index in [4.69, 9.17) is 14.4 Å². The Morgan fingerprint density at radius 2 is 1.10 bits per heavy atom. The van der Waals surface area contributed by atoms with Gasteiger partial charge >= 0.3 is 0 Å². The van der Waals surface area contributed by atoms with Gasteiger partial charge in [-0.05, 0) is 36.4 Å². The second kappa shape index (κ2) is 11.0. The summed E-state index contributed by atoms with van der Waals surface area (Å²) in [7, 11) is 0. The number of fused-ring (bicyclic) bond motifs is 10. The number of para-hydroxylation sites is 3. The van der Waals surface area contributed by atoms with Crippen molar-refractivity contribution in [2.45, 2.75) is 0 Å². The summed E-state index contributed by atoms with van der Waals surface area (Å²) in [5, 5.41) is 7.15. The van der Waals surface area contributed by atoms with Gasteiger partial charge < -0.3 is 8.98 Å². The molecule has 0 saturated carbocycles. The Bertz CT molecular complexity index is 3080. The third-order valence-electron chi connectivity index (χ3n) is 10.0. The predicted octanol–water partition coefficient (Wildman–Crippen LogP) is 12.8. The minimum Gasteiger partial charge on any atom is -0.454 e. The molecule has 7 aromatic carbocycles. The number of thiophene rings is 1. The summed E-state index contributed by atoms with van der Waals surface area (Å²) in [4.78, 5) is 10.4. The highest BCUT2D eigenvalue weighted by Gasteiger charge is 2.22. The molecule has 238 valence electrons. The average Bonchev–Trinajstić information content (AvgIpc) is 3.88. The number of hydrogen-bond acceptors (Lipinski definition) is 4. The van der Waals surface area contributed by atoms with Crippen LogP contribution in [0, 0.1) is 0 Å². The van der Waals surface area contributed by atoms with Crippen molar-refractivity contribution in [3.8, 4) is 39.6 Å². The van der Waals surface area contributed by atoms with Crippen molar-refractivity contribution in [3.05, 3.63) is 164 Å². The molecule has 0 bridgehead atoms. The van der Waals surface area contributed by atoms with Gasteiger partial charge in [0.15, 0.2) is 11.4 Å². The fourth-order valence-electron chi connectivity index (χ4n) is 7.73. The molecule has 4 nitrogen and oxygen atoms in total. The molecule has 0 radical (unpaired) electrons. The first kappa shape index (κ1) is 28.3. The van der Waals surface area contributed by atoms with Crippen molar-refractivity contribution in [1.29, 1.82) is 0 Å². The Morgan fingerprint density at radius 1 is 0.471 bits per heavy atom. The molecule has 0 aliphatic heterocycles. The van der Waals surface area contributed by atoms with Crippen molar-refractivity contribution in [2.75, 3.05) is 0 Å². The van der Waals surface area contributed by atoms with Crippen LogP contribution in [-0.4, -0.2) is 14.5 Å². The molecule has 0 atom stereocenters. The minimum atomic E-state index is 0.725. The van der Waals surface area contributed by atoms with Crippen molar-refractivity contribution >= 4 is 75.3 Å². The summed E-state index contributed by atoms with van der Waals surface area (Å²) in [5.74, 6) is 0.725. The van der Waals surface area contributed by atoms with Gasteiger partial charge in [0.05, 0.1) is 28.1 Å². The van der Waals surface area contributed by atoms with E-state index in [1.807, 2.05) is 35.6 Å². The Kier molecular flexibility index (Phi) is 6.09. The zero-order chi connectivity index (χ0) is 33.5. The van der Waals surface area contributed by atoms with Gasteiger partial charge in [0.2, 0.25) is 0 Å². The zero-order valence-corrected chi connectivity index (χ0v) is 28.1. The first-order chi connectivity index (χ1) is 25.3.